The second-order valence-corrected chi connectivity index (χ2v) is 10.1. The number of ether oxygens (including phenoxy) is 2. The van der Waals surface area contributed by atoms with E-state index in [9.17, 15) is 24.3 Å². The molecule has 38 heavy (non-hydrogen) atoms. The third-order valence-corrected chi connectivity index (χ3v) is 6.71. The van der Waals surface area contributed by atoms with Gasteiger partial charge < -0.3 is 35.0 Å². The highest BCUT2D eigenvalue weighted by atomic mass is 31.2. The molecule has 4 atom stereocenters. The minimum atomic E-state index is -4.89. The molecule has 4 aromatic rings. The minimum Gasteiger partial charge on any atom is -0.453 e. The number of phosphoric ester groups is 1. The number of aliphatic hydroxyl groups is 1. The fourth-order valence-corrected chi connectivity index (χ4v) is 4.84. The van der Waals surface area contributed by atoms with Crippen molar-refractivity contribution in [3.63, 3.8) is 0 Å². The Morgan fingerprint density at radius 2 is 1.89 bits per heavy atom. The number of rotatable bonds is 7. The number of nitrogens with two attached hydrogens (primary N) is 1. The first-order valence-electron chi connectivity index (χ1n) is 11.4. The Hall–Kier alpha value is -3.65. The van der Waals surface area contributed by atoms with Gasteiger partial charge >= 0.3 is 13.8 Å². The molecule has 5 rings (SSSR count). The van der Waals surface area contributed by atoms with E-state index in [1.807, 2.05) is 31.1 Å². The summed E-state index contributed by atoms with van der Waals surface area (Å²) in [5.41, 5.74) is 7.49. The van der Waals surface area contributed by atoms with Gasteiger partial charge in [0, 0.05) is 25.2 Å². The van der Waals surface area contributed by atoms with Crippen LogP contribution in [0.1, 0.15) is 16.6 Å². The Bertz CT molecular complexity index is 1560. The van der Waals surface area contributed by atoms with Crippen LogP contribution in [0.3, 0.4) is 0 Å². The lowest BCUT2D eigenvalue weighted by Gasteiger charge is -2.22. The van der Waals surface area contributed by atoms with Crippen molar-refractivity contribution in [2.24, 2.45) is 0 Å². The summed E-state index contributed by atoms with van der Waals surface area (Å²) < 4.78 is 28.9. The van der Waals surface area contributed by atoms with Gasteiger partial charge in [0.25, 0.3) is 0 Å². The number of fused-ring (bicyclic) bond motifs is 2. The van der Waals surface area contributed by atoms with E-state index in [0.29, 0.717) is 5.39 Å². The van der Waals surface area contributed by atoms with Crippen LogP contribution in [0, 0.1) is 0 Å². The number of carbonyl (C=O) groups excluding carboxylic acids is 1. The molecular weight excluding hydrogens is 519 g/mol. The van der Waals surface area contributed by atoms with E-state index < -0.39 is 44.9 Å². The predicted octanol–water partition coefficient (Wildman–Crippen LogP) is 1.22. The van der Waals surface area contributed by atoms with Gasteiger partial charge in [0.15, 0.2) is 23.8 Å². The molecule has 0 saturated carbocycles. The maximum atomic E-state index is 13.4. The fourth-order valence-electron chi connectivity index (χ4n) is 4.49. The van der Waals surface area contributed by atoms with Crippen molar-refractivity contribution in [2.45, 2.75) is 24.5 Å². The van der Waals surface area contributed by atoms with Gasteiger partial charge in [-0.2, -0.15) is 0 Å². The molecule has 0 spiro atoms. The molecule has 0 bridgehead atoms. The molecule has 0 unspecified atom stereocenters. The van der Waals surface area contributed by atoms with Gasteiger partial charge in [0.05, 0.1) is 18.5 Å². The fraction of sp³-hybridized carbons (Fsp3) is 0.304. The molecule has 14 nitrogen and oxygen atoms in total. The largest absolute Gasteiger partial charge is 0.469 e. The smallest absolute Gasteiger partial charge is 0.453 e. The van der Waals surface area contributed by atoms with Crippen LogP contribution in [0.4, 0.5) is 11.5 Å². The number of benzene rings is 2. The van der Waals surface area contributed by atoms with Crippen LogP contribution in [0.15, 0.2) is 49.1 Å². The summed E-state index contributed by atoms with van der Waals surface area (Å²) in [6, 6.07) is 10.7. The molecule has 5 N–H and O–H groups in total. The Labute approximate surface area is 215 Å². The van der Waals surface area contributed by atoms with E-state index in [1.54, 1.807) is 24.3 Å². The number of carbonyl (C=O) groups is 1. The number of imidazole rings is 1. The van der Waals surface area contributed by atoms with Gasteiger partial charge in [-0.3, -0.25) is 9.09 Å². The first kappa shape index (κ1) is 26.0. The second-order valence-electron chi connectivity index (χ2n) is 8.87. The average Bonchev–Trinajstić information content (AvgIpc) is 3.43. The molecule has 3 heterocycles. The molecule has 0 aliphatic carbocycles. The summed E-state index contributed by atoms with van der Waals surface area (Å²) in [6.45, 7) is -0.667. The number of hydrogen-bond acceptors (Lipinski definition) is 11. The lowest BCUT2D eigenvalue weighted by Crippen LogP contribution is -2.38. The Balaban J connectivity index is 1.48. The third-order valence-electron chi connectivity index (χ3n) is 6.22. The molecule has 2 aromatic heterocycles. The molecule has 2 aromatic carbocycles. The molecule has 200 valence electrons. The number of anilines is 2. The van der Waals surface area contributed by atoms with Crippen molar-refractivity contribution < 1.29 is 38.3 Å². The van der Waals surface area contributed by atoms with E-state index in [-0.39, 0.29) is 22.5 Å². The highest BCUT2D eigenvalue weighted by molar-refractivity contribution is 7.46. The zero-order valence-corrected chi connectivity index (χ0v) is 21.2. The van der Waals surface area contributed by atoms with Crippen LogP contribution in [0.5, 0.6) is 0 Å². The maximum absolute atomic E-state index is 13.4. The molecule has 1 fully saturated rings. The Morgan fingerprint density at radius 1 is 1.16 bits per heavy atom. The van der Waals surface area contributed by atoms with Gasteiger partial charge in [-0.05, 0) is 17.5 Å². The number of phosphoric acid groups is 1. The van der Waals surface area contributed by atoms with E-state index in [2.05, 4.69) is 19.5 Å². The quantitative estimate of drug-likeness (QED) is 0.192. The van der Waals surface area contributed by atoms with Gasteiger partial charge in [0.2, 0.25) is 0 Å². The topological polar surface area (TPSA) is 195 Å². The Morgan fingerprint density at radius 3 is 2.61 bits per heavy atom. The lowest BCUT2D eigenvalue weighted by atomic mass is 10.0. The standard InChI is InChI=1S/C23H25N6O8P/c1-28(2)15-8-7-14(12-5-3-4-6-13(12)15)23(31)37-19-16(9-35-38(32,33)34)36-22(18(19)30)29-11-27-17-20(24)25-10-26-21(17)29/h3-8,10-11,16,18-19,22,30H,9H2,1-2H3,(H2,24,25,26)(H2,32,33,34)/t16-,18-,19-,22-/m1/s1. The van der Waals surface area contributed by atoms with E-state index in [0.717, 1.165) is 11.1 Å². The SMILES string of the molecule is CN(C)c1ccc(C(=O)O[C@H]2[C@@H](O)[C@H](n3cnc4c(N)ncnc43)O[C@@H]2COP(=O)(O)O)c2ccccc12. The molecule has 0 amide bonds. The number of aromatic nitrogens is 4. The first-order chi connectivity index (χ1) is 18.0. The zero-order chi connectivity index (χ0) is 27.2. The Kier molecular flexibility index (Phi) is 6.77. The highest BCUT2D eigenvalue weighted by Crippen LogP contribution is 2.40. The average molecular weight is 544 g/mol. The monoisotopic (exact) mass is 544 g/mol. The van der Waals surface area contributed by atoms with Gasteiger partial charge in [-0.25, -0.2) is 24.3 Å². The maximum Gasteiger partial charge on any atom is 0.469 e. The van der Waals surface area contributed by atoms with Crippen LogP contribution in [0.2, 0.25) is 0 Å². The van der Waals surface area contributed by atoms with Gasteiger partial charge in [-0.1, -0.05) is 24.3 Å². The van der Waals surface area contributed by atoms with Crippen LogP contribution < -0.4 is 10.6 Å². The normalized spacial score (nSPS) is 21.7. The van der Waals surface area contributed by atoms with Crippen LogP contribution in [-0.4, -0.2) is 79.4 Å². The highest BCUT2D eigenvalue weighted by Gasteiger charge is 2.48. The number of nitrogen functional groups attached to an aromatic ring is 1. The number of esters is 1. The number of aliphatic hydroxyl groups excluding tert-OH is 1. The molecular formula is C23H25N6O8P. The van der Waals surface area contributed by atoms with Gasteiger partial charge in [-0.15, -0.1) is 0 Å². The predicted molar refractivity (Wildman–Crippen MR) is 135 cm³/mol. The molecule has 1 aliphatic heterocycles. The summed E-state index contributed by atoms with van der Waals surface area (Å²) in [7, 11) is -1.12. The van der Waals surface area contributed by atoms with E-state index in [1.165, 1.54) is 17.2 Å². The minimum absolute atomic E-state index is 0.110. The molecule has 0 radical (unpaired) electrons. The summed E-state index contributed by atoms with van der Waals surface area (Å²) in [5.74, 6) is -0.651. The molecule has 1 aliphatic rings. The van der Waals surface area contributed by atoms with Crippen LogP contribution in [-0.2, 0) is 18.6 Å². The number of nitrogens with zero attached hydrogens (tertiary/aromatic N) is 5. The van der Waals surface area contributed by atoms with Crippen molar-refractivity contribution in [2.75, 3.05) is 31.3 Å². The van der Waals surface area contributed by atoms with E-state index in [4.69, 9.17) is 15.2 Å². The summed E-state index contributed by atoms with van der Waals surface area (Å²) in [5, 5.41) is 12.6. The van der Waals surface area contributed by atoms with E-state index >= 15 is 0 Å². The number of hydrogen-bond donors (Lipinski definition) is 4. The van der Waals surface area contributed by atoms with Crippen LogP contribution in [0.25, 0.3) is 21.9 Å². The summed E-state index contributed by atoms with van der Waals surface area (Å²) >= 11 is 0. The summed E-state index contributed by atoms with van der Waals surface area (Å²) in [4.78, 5) is 45.9. The lowest BCUT2D eigenvalue weighted by molar-refractivity contribution is -0.0521. The third kappa shape index (κ3) is 4.80. The van der Waals surface area contributed by atoms with Crippen molar-refractivity contribution >= 4 is 47.2 Å². The van der Waals surface area contributed by atoms with Crippen molar-refractivity contribution in [1.82, 2.24) is 19.5 Å². The zero-order valence-electron chi connectivity index (χ0n) is 20.3. The second kappa shape index (κ2) is 9.91. The van der Waals surface area contributed by atoms with Crippen molar-refractivity contribution in [1.29, 1.82) is 0 Å². The van der Waals surface area contributed by atoms with Crippen LogP contribution >= 0.6 is 7.82 Å². The van der Waals surface area contributed by atoms with Crippen molar-refractivity contribution in [3.05, 3.63) is 54.6 Å². The van der Waals surface area contributed by atoms with Crippen molar-refractivity contribution in [3.8, 4) is 0 Å². The van der Waals surface area contributed by atoms with Gasteiger partial charge in [0.1, 0.15) is 24.1 Å². The molecule has 15 heteroatoms. The first-order valence-corrected chi connectivity index (χ1v) is 12.9. The molecule has 1 saturated heterocycles. The summed E-state index contributed by atoms with van der Waals surface area (Å²) in [6.07, 6.45) is -2.73.